The van der Waals surface area contributed by atoms with E-state index >= 15 is 0 Å². The van der Waals surface area contributed by atoms with Crippen LogP contribution in [0.5, 0.6) is 0 Å². The van der Waals surface area contributed by atoms with Gasteiger partial charge >= 0.3 is 6.09 Å². The molecule has 1 aliphatic heterocycles. The Morgan fingerprint density at radius 3 is 2.70 bits per heavy atom. The highest BCUT2D eigenvalue weighted by atomic mass is 127. The average molecular weight is 452 g/mol. The lowest BCUT2D eigenvalue weighted by molar-refractivity contribution is 0.0563. The van der Waals surface area contributed by atoms with Crippen molar-refractivity contribution in [3.63, 3.8) is 0 Å². The second-order valence-electron chi connectivity index (χ2n) is 6.13. The second-order valence-corrected chi connectivity index (χ2v) is 8.23. The van der Waals surface area contributed by atoms with Crippen molar-refractivity contribution in [1.29, 1.82) is 0 Å². The van der Waals surface area contributed by atoms with Crippen LogP contribution in [0.25, 0.3) is 0 Å². The van der Waals surface area contributed by atoms with Gasteiger partial charge in [0.2, 0.25) is 0 Å². The number of rotatable bonds is 0. The summed E-state index contributed by atoms with van der Waals surface area (Å²) in [7, 11) is 0. The van der Waals surface area contributed by atoms with Gasteiger partial charge in [-0.15, -0.1) is 0 Å². The minimum atomic E-state index is -0.482. The highest BCUT2D eigenvalue weighted by molar-refractivity contribution is 14.1. The molecule has 0 saturated carbocycles. The third-order valence-electron chi connectivity index (χ3n) is 3.21. The van der Waals surface area contributed by atoms with Gasteiger partial charge in [-0.2, -0.15) is 0 Å². The second kappa shape index (κ2) is 5.83. The summed E-state index contributed by atoms with van der Waals surface area (Å²) in [5.41, 5.74) is 1.68. The number of amides is 1. The van der Waals surface area contributed by atoms with Gasteiger partial charge in [0.1, 0.15) is 5.60 Å². The Kier molecular flexibility index (Phi) is 4.69. The van der Waals surface area contributed by atoms with Gasteiger partial charge in [0.05, 0.1) is 5.69 Å². The Hall–Kier alpha value is -0.300. The van der Waals surface area contributed by atoms with Crippen LogP contribution in [-0.4, -0.2) is 17.7 Å². The van der Waals surface area contributed by atoms with Crippen molar-refractivity contribution >= 4 is 50.3 Å². The Morgan fingerprint density at radius 1 is 1.45 bits per heavy atom. The van der Waals surface area contributed by atoms with E-state index in [1.54, 1.807) is 4.90 Å². The molecule has 2 rings (SSSR count). The normalized spacial score (nSPS) is 18.7. The maximum atomic E-state index is 12.5. The fraction of sp³-hybridized carbons (Fsp3) is 0.533. The number of ether oxygens (including phenoxy) is 1. The minimum absolute atomic E-state index is 0.147. The third-order valence-corrected chi connectivity index (χ3v) is 4.44. The Balaban J connectivity index is 2.42. The molecule has 0 radical (unpaired) electrons. The van der Waals surface area contributed by atoms with Crippen LogP contribution in [-0.2, 0) is 11.2 Å². The fourth-order valence-electron chi connectivity index (χ4n) is 2.38. The lowest BCUT2D eigenvalue weighted by Crippen LogP contribution is -2.45. The molecule has 0 bridgehead atoms. The van der Waals surface area contributed by atoms with Crippen LogP contribution in [0.15, 0.2) is 16.6 Å². The number of fused-ring (bicyclic) bond motifs is 1. The topological polar surface area (TPSA) is 29.5 Å². The number of anilines is 1. The van der Waals surface area contributed by atoms with Crippen molar-refractivity contribution in [2.75, 3.05) is 4.90 Å². The highest BCUT2D eigenvalue weighted by Crippen LogP contribution is 2.39. The molecule has 1 amide bonds. The predicted molar refractivity (Wildman–Crippen MR) is 93.4 cm³/mol. The molecule has 1 unspecified atom stereocenters. The van der Waals surface area contributed by atoms with Gasteiger partial charge in [-0.25, -0.2) is 4.79 Å². The molecular weight excluding hydrogens is 433 g/mol. The van der Waals surface area contributed by atoms with Crippen LogP contribution in [0.2, 0.25) is 0 Å². The molecular formula is C15H19BrINO2. The van der Waals surface area contributed by atoms with E-state index in [2.05, 4.69) is 51.5 Å². The van der Waals surface area contributed by atoms with Gasteiger partial charge in [-0.1, -0.05) is 0 Å². The van der Waals surface area contributed by atoms with Crippen molar-refractivity contribution in [2.24, 2.45) is 0 Å². The Labute approximate surface area is 142 Å². The first-order chi connectivity index (χ1) is 9.19. The summed E-state index contributed by atoms with van der Waals surface area (Å²) >= 11 is 5.89. The molecule has 1 aromatic rings. The number of benzene rings is 1. The standard InChI is InChI=1S/C15H19BrINO2/c1-9-5-6-10-7-11(17)8-12(16)13(10)18(9)14(19)20-15(2,3)4/h7-9H,5-6H2,1-4H3. The van der Waals surface area contributed by atoms with Crippen LogP contribution in [0.4, 0.5) is 10.5 Å². The number of aryl methyl sites for hydroxylation is 1. The van der Waals surface area contributed by atoms with Crippen LogP contribution < -0.4 is 4.90 Å². The number of carbonyl (C=O) groups excluding carboxylic acids is 1. The lowest BCUT2D eigenvalue weighted by atomic mass is 9.97. The summed E-state index contributed by atoms with van der Waals surface area (Å²) in [6.07, 6.45) is 1.68. The van der Waals surface area contributed by atoms with E-state index in [4.69, 9.17) is 4.74 Å². The molecule has 0 aliphatic carbocycles. The van der Waals surface area contributed by atoms with Gasteiger partial charge in [0.15, 0.2) is 0 Å². The Bertz CT molecular complexity index is 539. The van der Waals surface area contributed by atoms with Crippen molar-refractivity contribution in [2.45, 2.75) is 52.2 Å². The molecule has 20 heavy (non-hydrogen) atoms. The molecule has 3 nitrogen and oxygen atoms in total. The molecule has 1 aromatic carbocycles. The van der Waals surface area contributed by atoms with Crippen LogP contribution in [0, 0.1) is 3.57 Å². The van der Waals surface area contributed by atoms with E-state index in [0.717, 1.165) is 23.0 Å². The van der Waals surface area contributed by atoms with E-state index in [-0.39, 0.29) is 12.1 Å². The zero-order chi connectivity index (χ0) is 15.1. The summed E-state index contributed by atoms with van der Waals surface area (Å²) in [5, 5.41) is 0. The summed E-state index contributed by atoms with van der Waals surface area (Å²) in [6, 6.07) is 4.33. The zero-order valence-electron chi connectivity index (χ0n) is 12.2. The van der Waals surface area contributed by atoms with Crippen molar-refractivity contribution in [1.82, 2.24) is 0 Å². The van der Waals surface area contributed by atoms with Crippen LogP contribution in [0.1, 0.15) is 39.7 Å². The molecule has 0 aromatic heterocycles. The van der Waals surface area contributed by atoms with Crippen LogP contribution >= 0.6 is 38.5 Å². The van der Waals surface area contributed by atoms with E-state index in [9.17, 15) is 4.79 Å². The number of nitrogens with zero attached hydrogens (tertiary/aromatic N) is 1. The first-order valence-electron chi connectivity index (χ1n) is 6.69. The first-order valence-corrected chi connectivity index (χ1v) is 8.56. The fourth-order valence-corrected chi connectivity index (χ4v) is 4.18. The maximum Gasteiger partial charge on any atom is 0.415 e. The third kappa shape index (κ3) is 3.47. The molecule has 1 heterocycles. The molecule has 1 aliphatic rings. The quantitative estimate of drug-likeness (QED) is 0.511. The van der Waals surface area contributed by atoms with Gasteiger partial charge in [0.25, 0.3) is 0 Å². The predicted octanol–water partition coefficient (Wildman–Crippen LogP) is 5.13. The Morgan fingerprint density at radius 2 is 2.10 bits per heavy atom. The average Bonchev–Trinajstić information content (AvgIpc) is 2.27. The van der Waals surface area contributed by atoms with E-state index < -0.39 is 5.60 Å². The molecule has 0 saturated heterocycles. The molecule has 0 N–H and O–H groups in total. The highest BCUT2D eigenvalue weighted by Gasteiger charge is 2.33. The van der Waals surface area contributed by atoms with Gasteiger partial charge in [-0.05, 0) is 96.8 Å². The SMILES string of the molecule is CC1CCc2cc(I)cc(Br)c2N1C(=O)OC(C)(C)C. The van der Waals surface area contributed by atoms with Crippen molar-refractivity contribution < 1.29 is 9.53 Å². The number of hydrogen-bond acceptors (Lipinski definition) is 2. The largest absolute Gasteiger partial charge is 0.443 e. The van der Waals surface area contributed by atoms with E-state index in [1.165, 1.54) is 9.13 Å². The molecule has 110 valence electrons. The first kappa shape index (κ1) is 16.1. The summed E-state index contributed by atoms with van der Waals surface area (Å²) in [5.74, 6) is 0. The minimum Gasteiger partial charge on any atom is -0.443 e. The molecule has 0 fully saturated rings. The molecule has 0 spiro atoms. The molecule has 5 heteroatoms. The van der Waals surface area contributed by atoms with E-state index in [0.29, 0.717) is 0 Å². The maximum absolute atomic E-state index is 12.5. The zero-order valence-corrected chi connectivity index (χ0v) is 15.9. The van der Waals surface area contributed by atoms with Gasteiger partial charge in [0, 0.05) is 14.1 Å². The number of carbonyl (C=O) groups is 1. The number of halogens is 2. The number of hydrogen-bond donors (Lipinski definition) is 0. The molecule has 1 atom stereocenters. The van der Waals surface area contributed by atoms with Crippen LogP contribution in [0.3, 0.4) is 0 Å². The van der Waals surface area contributed by atoms with Gasteiger partial charge < -0.3 is 4.74 Å². The summed E-state index contributed by atoms with van der Waals surface area (Å²) < 4.78 is 7.68. The monoisotopic (exact) mass is 451 g/mol. The van der Waals surface area contributed by atoms with Crippen molar-refractivity contribution in [3.8, 4) is 0 Å². The smallest absolute Gasteiger partial charge is 0.415 e. The summed E-state index contributed by atoms with van der Waals surface area (Å²) in [6.45, 7) is 7.74. The lowest BCUT2D eigenvalue weighted by Gasteiger charge is -2.37. The van der Waals surface area contributed by atoms with Gasteiger partial charge in [-0.3, -0.25) is 4.90 Å². The summed E-state index contributed by atoms with van der Waals surface area (Å²) in [4.78, 5) is 14.3. The van der Waals surface area contributed by atoms with Crippen molar-refractivity contribution in [3.05, 3.63) is 25.7 Å². The van der Waals surface area contributed by atoms with E-state index in [1.807, 2.05) is 26.8 Å².